The van der Waals surface area contributed by atoms with Crippen molar-refractivity contribution in [1.29, 1.82) is 0 Å². The van der Waals surface area contributed by atoms with E-state index in [9.17, 15) is 0 Å². The number of piperazine rings is 1. The van der Waals surface area contributed by atoms with Crippen molar-refractivity contribution in [1.82, 2.24) is 14.7 Å². The number of hydrogen-bond donors (Lipinski definition) is 1. The molecule has 6 nitrogen and oxygen atoms in total. The van der Waals surface area contributed by atoms with Crippen LogP contribution in [-0.4, -0.2) is 79.9 Å². The van der Waals surface area contributed by atoms with E-state index in [4.69, 9.17) is 10.6 Å². The van der Waals surface area contributed by atoms with Crippen LogP contribution in [-0.2, 0) is 13.0 Å². The molecule has 2 saturated heterocycles. The van der Waals surface area contributed by atoms with Crippen molar-refractivity contribution in [2.75, 3.05) is 59.5 Å². The summed E-state index contributed by atoms with van der Waals surface area (Å²) in [6, 6.07) is 19.1. The van der Waals surface area contributed by atoms with E-state index >= 15 is 0 Å². The molecular weight excluding hydrogens is 410 g/mol. The summed E-state index contributed by atoms with van der Waals surface area (Å²) in [5.41, 5.74) is 3.88. The molecule has 0 unspecified atom stereocenters. The zero-order chi connectivity index (χ0) is 22.9. The Morgan fingerprint density at radius 1 is 0.879 bits per heavy atom. The Morgan fingerprint density at radius 3 is 2.24 bits per heavy atom. The first-order valence-corrected chi connectivity index (χ1v) is 12.3. The first kappa shape index (κ1) is 23.7. The Kier molecular flexibility index (Phi) is 8.75. The summed E-state index contributed by atoms with van der Waals surface area (Å²) in [7, 11) is 1.75. The number of benzene rings is 2. The van der Waals surface area contributed by atoms with E-state index in [0.29, 0.717) is 5.92 Å². The van der Waals surface area contributed by atoms with Gasteiger partial charge in [0.05, 0.1) is 12.8 Å². The first-order valence-electron chi connectivity index (χ1n) is 12.3. The standard InChI is InChI=1S/C27H39N5O/c1-33-27-10-6-5-9-25(27)21-31-17-19-32(20-18-31)22-26(29-28)24-12-15-30(16-13-24)14-11-23-7-3-2-4-8-23/h2-10,24H,11-22,28H2,1H3. The molecule has 2 N–H and O–H groups in total. The van der Waals surface area contributed by atoms with Crippen molar-refractivity contribution in [3.63, 3.8) is 0 Å². The Labute approximate surface area is 199 Å². The third kappa shape index (κ3) is 6.79. The van der Waals surface area contributed by atoms with Gasteiger partial charge in [-0.15, -0.1) is 0 Å². The van der Waals surface area contributed by atoms with Crippen molar-refractivity contribution in [2.24, 2.45) is 16.9 Å². The smallest absolute Gasteiger partial charge is 0.123 e. The van der Waals surface area contributed by atoms with Gasteiger partial charge >= 0.3 is 0 Å². The van der Waals surface area contributed by atoms with Gasteiger partial charge in [0, 0.05) is 57.3 Å². The molecular formula is C27H39N5O. The van der Waals surface area contributed by atoms with Crippen LogP contribution in [0, 0.1) is 5.92 Å². The fourth-order valence-electron chi connectivity index (χ4n) is 5.11. The van der Waals surface area contributed by atoms with Gasteiger partial charge in [-0.05, 0) is 44.0 Å². The van der Waals surface area contributed by atoms with Gasteiger partial charge in [-0.25, -0.2) is 0 Å². The van der Waals surface area contributed by atoms with Crippen LogP contribution in [0.1, 0.15) is 24.0 Å². The summed E-state index contributed by atoms with van der Waals surface area (Å²) in [6.45, 7) is 9.52. The summed E-state index contributed by atoms with van der Waals surface area (Å²) < 4.78 is 5.52. The third-order valence-corrected chi connectivity index (χ3v) is 7.22. The lowest BCUT2D eigenvalue weighted by Gasteiger charge is -2.37. The maximum absolute atomic E-state index is 5.87. The van der Waals surface area contributed by atoms with Crippen molar-refractivity contribution in [3.05, 3.63) is 65.7 Å². The molecule has 2 aromatic rings. The Balaban J connectivity index is 1.18. The predicted octanol–water partition coefficient (Wildman–Crippen LogP) is 3.08. The molecule has 2 fully saturated rings. The van der Waals surface area contributed by atoms with E-state index in [0.717, 1.165) is 71.1 Å². The average molecular weight is 450 g/mol. The quantitative estimate of drug-likeness (QED) is 0.362. The topological polar surface area (TPSA) is 57.3 Å². The molecule has 0 aromatic heterocycles. The lowest BCUT2D eigenvalue weighted by atomic mass is 9.91. The van der Waals surface area contributed by atoms with Crippen LogP contribution in [0.4, 0.5) is 0 Å². The fraction of sp³-hybridized carbons (Fsp3) is 0.519. The SMILES string of the molecule is COc1ccccc1CN1CCN(CC(=NN)C2CCN(CCc3ccccc3)CC2)CC1. The number of hydrazone groups is 1. The molecule has 0 radical (unpaired) electrons. The monoisotopic (exact) mass is 449 g/mol. The highest BCUT2D eigenvalue weighted by atomic mass is 16.5. The largest absolute Gasteiger partial charge is 0.496 e. The average Bonchev–Trinajstić information content (AvgIpc) is 2.88. The van der Waals surface area contributed by atoms with Crippen LogP contribution >= 0.6 is 0 Å². The number of hydrogen-bond acceptors (Lipinski definition) is 6. The molecule has 33 heavy (non-hydrogen) atoms. The maximum Gasteiger partial charge on any atom is 0.123 e. The highest BCUT2D eigenvalue weighted by Gasteiger charge is 2.26. The molecule has 2 aromatic carbocycles. The van der Waals surface area contributed by atoms with Crippen LogP contribution in [0.15, 0.2) is 59.7 Å². The zero-order valence-corrected chi connectivity index (χ0v) is 20.0. The summed E-state index contributed by atoms with van der Waals surface area (Å²) in [4.78, 5) is 7.62. The maximum atomic E-state index is 5.87. The summed E-state index contributed by atoms with van der Waals surface area (Å²) >= 11 is 0. The Morgan fingerprint density at radius 2 is 1.55 bits per heavy atom. The molecule has 2 aliphatic heterocycles. The minimum absolute atomic E-state index is 0.523. The Bertz CT molecular complexity index is 871. The number of nitrogens with two attached hydrogens (primary N) is 1. The fourth-order valence-corrected chi connectivity index (χ4v) is 5.11. The van der Waals surface area contributed by atoms with Crippen LogP contribution in [0.3, 0.4) is 0 Å². The minimum atomic E-state index is 0.523. The molecule has 0 spiro atoms. The van der Waals surface area contributed by atoms with Gasteiger partial charge in [-0.1, -0.05) is 48.5 Å². The number of para-hydroxylation sites is 1. The van der Waals surface area contributed by atoms with Crippen molar-refractivity contribution >= 4 is 5.71 Å². The van der Waals surface area contributed by atoms with Gasteiger partial charge in [-0.2, -0.15) is 5.10 Å². The lowest BCUT2D eigenvalue weighted by Crippen LogP contribution is -2.49. The molecule has 0 atom stereocenters. The van der Waals surface area contributed by atoms with Crippen LogP contribution in [0.2, 0.25) is 0 Å². The highest BCUT2D eigenvalue weighted by Crippen LogP contribution is 2.22. The van der Waals surface area contributed by atoms with Crippen molar-refractivity contribution in [2.45, 2.75) is 25.8 Å². The molecule has 4 rings (SSSR count). The molecule has 0 saturated carbocycles. The van der Waals surface area contributed by atoms with Gasteiger partial charge in [0.15, 0.2) is 0 Å². The van der Waals surface area contributed by atoms with Crippen LogP contribution in [0.5, 0.6) is 5.75 Å². The van der Waals surface area contributed by atoms with Crippen molar-refractivity contribution < 1.29 is 4.74 Å². The molecule has 2 heterocycles. The summed E-state index contributed by atoms with van der Waals surface area (Å²) in [6.07, 6.45) is 3.46. The summed E-state index contributed by atoms with van der Waals surface area (Å²) in [5, 5.41) is 4.26. The number of piperidine rings is 1. The van der Waals surface area contributed by atoms with E-state index in [1.807, 2.05) is 12.1 Å². The van der Waals surface area contributed by atoms with Gasteiger partial charge in [0.25, 0.3) is 0 Å². The third-order valence-electron chi connectivity index (χ3n) is 7.22. The number of nitrogens with zero attached hydrogens (tertiary/aromatic N) is 4. The van der Waals surface area contributed by atoms with E-state index in [1.54, 1.807) is 7.11 Å². The number of methoxy groups -OCH3 is 1. The number of likely N-dealkylation sites (tertiary alicyclic amines) is 1. The highest BCUT2D eigenvalue weighted by molar-refractivity contribution is 5.88. The molecule has 2 aliphatic rings. The molecule has 0 aliphatic carbocycles. The normalized spacial score (nSPS) is 19.6. The lowest BCUT2D eigenvalue weighted by molar-refractivity contribution is 0.136. The van der Waals surface area contributed by atoms with Gasteiger partial charge in [-0.3, -0.25) is 9.80 Å². The second-order valence-corrected chi connectivity index (χ2v) is 9.34. The van der Waals surface area contributed by atoms with Crippen LogP contribution < -0.4 is 10.6 Å². The van der Waals surface area contributed by atoms with E-state index in [2.05, 4.69) is 62.3 Å². The van der Waals surface area contributed by atoms with Gasteiger partial charge < -0.3 is 15.5 Å². The molecule has 6 heteroatoms. The predicted molar refractivity (Wildman–Crippen MR) is 136 cm³/mol. The second-order valence-electron chi connectivity index (χ2n) is 9.34. The van der Waals surface area contributed by atoms with Gasteiger partial charge in [0.1, 0.15) is 5.75 Å². The zero-order valence-electron chi connectivity index (χ0n) is 20.0. The molecule has 0 bridgehead atoms. The number of rotatable bonds is 9. The van der Waals surface area contributed by atoms with Crippen molar-refractivity contribution in [3.8, 4) is 5.75 Å². The van der Waals surface area contributed by atoms with Crippen LogP contribution in [0.25, 0.3) is 0 Å². The van der Waals surface area contributed by atoms with E-state index in [1.165, 1.54) is 29.7 Å². The van der Waals surface area contributed by atoms with Gasteiger partial charge in [0.2, 0.25) is 0 Å². The minimum Gasteiger partial charge on any atom is -0.496 e. The van der Waals surface area contributed by atoms with E-state index in [-0.39, 0.29) is 0 Å². The Hall–Kier alpha value is -2.41. The molecule has 178 valence electrons. The van der Waals surface area contributed by atoms with E-state index < -0.39 is 0 Å². The number of ether oxygens (including phenoxy) is 1. The molecule has 0 amide bonds. The first-order chi connectivity index (χ1) is 16.2. The second kappa shape index (κ2) is 12.2. The summed E-state index contributed by atoms with van der Waals surface area (Å²) in [5.74, 6) is 7.38.